The number of likely N-dealkylation sites (tertiary alicyclic amines) is 1. The summed E-state index contributed by atoms with van der Waals surface area (Å²) in [7, 11) is 0. The first kappa shape index (κ1) is 16.7. The van der Waals surface area contributed by atoms with Crippen molar-refractivity contribution in [3.63, 3.8) is 0 Å². The lowest BCUT2D eigenvalue weighted by Gasteiger charge is -2.23. The molecule has 0 radical (unpaired) electrons. The molecular weight excluding hydrogens is 314 g/mol. The van der Waals surface area contributed by atoms with Gasteiger partial charge in [0.2, 0.25) is 0 Å². The van der Waals surface area contributed by atoms with Crippen molar-refractivity contribution in [2.75, 3.05) is 19.3 Å². The normalized spacial score (nSPS) is 18.9. The van der Waals surface area contributed by atoms with Crippen molar-refractivity contribution in [1.29, 1.82) is 0 Å². The molecule has 1 heterocycles. The first-order valence-corrected chi connectivity index (χ1v) is 8.18. The van der Waals surface area contributed by atoms with Crippen LogP contribution in [0.3, 0.4) is 0 Å². The molecule has 0 aliphatic carbocycles. The maximum atomic E-state index is 13.4. The Morgan fingerprint density at radius 1 is 1.36 bits per heavy atom. The lowest BCUT2D eigenvalue weighted by atomic mass is 10.1. The van der Waals surface area contributed by atoms with Crippen LogP contribution in [0, 0.1) is 21.7 Å². The van der Waals surface area contributed by atoms with E-state index in [4.69, 9.17) is 0 Å². The Kier molecular flexibility index (Phi) is 5.33. The number of nitro benzene ring substituents is 1. The lowest BCUT2D eigenvalue weighted by molar-refractivity contribution is -0.385. The van der Waals surface area contributed by atoms with Crippen LogP contribution in [0.25, 0.3) is 0 Å². The maximum Gasteiger partial charge on any atom is 0.285 e. The predicted octanol–water partition coefficient (Wildman–Crippen LogP) is 3.23. The summed E-state index contributed by atoms with van der Waals surface area (Å²) < 4.78 is 26.6. The highest BCUT2D eigenvalue weighted by Crippen LogP contribution is 2.26. The van der Waals surface area contributed by atoms with Crippen LogP contribution in [0.1, 0.15) is 29.6 Å². The molecule has 0 saturated carbocycles. The molecule has 1 atom stereocenters. The van der Waals surface area contributed by atoms with Crippen molar-refractivity contribution in [2.45, 2.75) is 24.5 Å². The van der Waals surface area contributed by atoms with Crippen molar-refractivity contribution < 1.29 is 18.5 Å². The zero-order valence-corrected chi connectivity index (χ0v) is 12.9. The Balaban J connectivity index is 2.35. The fourth-order valence-electron chi connectivity index (χ4n) is 2.51. The number of rotatable bonds is 3. The minimum atomic E-state index is -1.33. The molecule has 120 valence electrons. The molecule has 1 fully saturated rings. The van der Waals surface area contributed by atoms with Gasteiger partial charge in [0.1, 0.15) is 5.56 Å². The van der Waals surface area contributed by atoms with E-state index >= 15 is 0 Å². The molecule has 2 rings (SSSR count). The first-order chi connectivity index (χ1) is 10.4. The number of nitro groups is 1. The van der Waals surface area contributed by atoms with E-state index in [9.17, 15) is 23.7 Å². The van der Waals surface area contributed by atoms with E-state index in [1.807, 2.05) is 6.26 Å². The van der Waals surface area contributed by atoms with Crippen LogP contribution < -0.4 is 0 Å². The van der Waals surface area contributed by atoms with Gasteiger partial charge >= 0.3 is 0 Å². The van der Waals surface area contributed by atoms with E-state index in [1.54, 1.807) is 11.8 Å². The molecule has 0 unspecified atom stereocenters. The molecule has 0 bridgehead atoms. The average molecular weight is 330 g/mol. The fraction of sp³-hybridized carbons (Fsp3) is 0.500. The summed E-state index contributed by atoms with van der Waals surface area (Å²) in [6.07, 6.45) is 4.67. The summed E-state index contributed by atoms with van der Waals surface area (Å²) in [5.41, 5.74) is -1.10. The van der Waals surface area contributed by atoms with Gasteiger partial charge in [-0.15, -0.1) is 0 Å². The molecule has 1 aliphatic heterocycles. The highest BCUT2D eigenvalue weighted by molar-refractivity contribution is 7.99. The maximum absolute atomic E-state index is 13.4. The zero-order valence-electron chi connectivity index (χ0n) is 12.1. The smallest absolute Gasteiger partial charge is 0.285 e. The van der Waals surface area contributed by atoms with Gasteiger partial charge in [0.25, 0.3) is 11.6 Å². The number of thioether (sulfide) groups is 1. The molecule has 5 nitrogen and oxygen atoms in total. The second kappa shape index (κ2) is 7.04. The summed E-state index contributed by atoms with van der Waals surface area (Å²) in [5, 5.41) is 11.2. The summed E-state index contributed by atoms with van der Waals surface area (Å²) in [4.78, 5) is 24.2. The monoisotopic (exact) mass is 330 g/mol. The molecule has 0 N–H and O–H groups in total. The Morgan fingerprint density at radius 3 is 2.68 bits per heavy atom. The van der Waals surface area contributed by atoms with Crippen LogP contribution in [0.5, 0.6) is 0 Å². The molecule has 0 aromatic heterocycles. The fourth-order valence-corrected chi connectivity index (χ4v) is 3.24. The van der Waals surface area contributed by atoms with Gasteiger partial charge in [-0.3, -0.25) is 14.9 Å². The summed E-state index contributed by atoms with van der Waals surface area (Å²) in [6, 6.07) is 1.08. The average Bonchev–Trinajstić information content (AvgIpc) is 2.74. The minimum absolute atomic E-state index is 0.246. The van der Waals surface area contributed by atoms with Gasteiger partial charge in [-0.05, 0) is 25.2 Å². The number of amides is 1. The molecule has 1 aromatic rings. The van der Waals surface area contributed by atoms with E-state index in [1.165, 1.54) is 4.90 Å². The Labute approximate surface area is 130 Å². The molecular formula is C14H16F2N2O3S. The van der Waals surface area contributed by atoms with E-state index < -0.39 is 33.7 Å². The minimum Gasteiger partial charge on any atom is -0.337 e. The predicted molar refractivity (Wildman–Crippen MR) is 80.1 cm³/mol. The van der Waals surface area contributed by atoms with Gasteiger partial charge in [0.05, 0.1) is 11.0 Å². The van der Waals surface area contributed by atoms with Gasteiger partial charge < -0.3 is 4.90 Å². The van der Waals surface area contributed by atoms with Crippen LogP contribution in [0.2, 0.25) is 0 Å². The van der Waals surface area contributed by atoms with E-state index in [2.05, 4.69) is 0 Å². The van der Waals surface area contributed by atoms with Gasteiger partial charge in [0.15, 0.2) is 11.6 Å². The number of hydrogen-bond acceptors (Lipinski definition) is 4. The number of carbonyl (C=O) groups excluding carboxylic acids is 1. The van der Waals surface area contributed by atoms with E-state index in [0.717, 1.165) is 19.3 Å². The number of hydrogen-bond donors (Lipinski definition) is 0. The Bertz CT molecular complexity index is 598. The third kappa shape index (κ3) is 3.55. The standard InChI is InChI=1S/C14H16F2N2O3S/c1-22-9-4-2-3-5-17(8-9)14(19)10-6-11(15)12(16)7-13(10)18(20)21/h6-7,9H,2-5,8H2,1H3/t9-/m0/s1. The highest BCUT2D eigenvalue weighted by Gasteiger charge is 2.29. The SMILES string of the molecule is CS[C@H]1CCCCN(C(=O)c2cc(F)c(F)cc2[N+](=O)[O-])C1. The van der Waals surface area contributed by atoms with Crippen LogP contribution in [0.15, 0.2) is 12.1 Å². The van der Waals surface area contributed by atoms with Crippen LogP contribution in [-0.4, -0.2) is 40.3 Å². The Morgan fingerprint density at radius 2 is 2.05 bits per heavy atom. The second-order valence-corrected chi connectivity index (χ2v) is 6.28. The largest absolute Gasteiger partial charge is 0.337 e. The van der Waals surface area contributed by atoms with Crippen molar-refractivity contribution in [3.8, 4) is 0 Å². The molecule has 0 spiro atoms. The first-order valence-electron chi connectivity index (χ1n) is 6.89. The van der Waals surface area contributed by atoms with Crippen LogP contribution in [0.4, 0.5) is 14.5 Å². The van der Waals surface area contributed by atoms with Crippen molar-refractivity contribution in [1.82, 2.24) is 4.90 Å². The second-order valence-electron chi connectivity index (χ2n) is 5.15. The van der Waals surface area contributed by atoms with Gasteiger partial charge in [-0.1, -0.05) is 6.42 Å². The number of halogens is 2. The highest BCUT2D eigenvalue weighted by atomic mass is 32.2. The van der Waals surface area contributed by atoms with Gasteiger partial charge in [0, 0.05) is 18.3 Å². The van der Waals surface area contributed by atoms with E-state index in [-0.39, 0.29) is 5.25 Å². The van der Waals surface area contributed by atoms with Crippen molar-refractivity contribution in [2.24, 2.45) is 0 Å². The van der Waals surface area contributed by atoms with E-state index in [0.29, 0.717) is 25.2 Å². The number of benzene rings is 1. The summed E-state index contributed by atoms with van der Waals surface area (Å²) >= 11 is 1.63. The van der Waals surface area contributed by atoms with Crippen LogP contribution >= 0.6 is 11.8 Å². The third-order valence-corrected chi connectivity index (χ3v) is 4.77. The molecule has 1 aromatic carbocycles. The topological polar surface area (TPSA) is 63.5 Å². The number of carbonyl (C=O) groups is 1. The third-order valence-electron chi connectivity index (χ3n) is 3.71. The van der Waals surface area contributed by atoms with Gasteiger partial charge in [-0.25, -0.2) is 8.78 Å². The summed E-state index contributed by atoms with van der Waals surface area (Å²) in [5.74, 6) is -3.21. The number of nitrogens with zero attached hydrogens (tertiary/aromatic N) is 2. The molecule has 8 heteroatoms. The lowest BCUT2D eigenvalue weighted by Crippen LogP contribution is -2.36. The summed E-state index contributed by atoms with van der Waals surface area (Å²) in [6.45, 7) is 0.919. The zero-order chi connectivity index (χ0) is 16.3. The molecule has 1 amide bonds. The van der Waals surface area contributed by atoms with Crippen molar-refractivity contribution >= 4 is 23.4 Å². The Hall–Kier alpha value is -1.70. The van der Waals surface area contributed by atoms with Crippen LogP contribution in [-0.2, 0) is 0 Å². The molecule has 22 heavy (non-hydrogen) atoms. The quantitative estimate of drug-likeness (QED) is 0.630. The van der Waals surface area contributed by atoms with Crippen molar-refractivity contribution in [3.05, 3.63) is 39.4 Å². The van der Waals surface area contributed by atoms with Gasteiger partial charge in [-0.2, -0.15) is 11.8 Å². The molecule has 1 saturated heterocycles. The molecule has 1 aliphatic rings.